The van der Waals surface area contributed by atoms with E-state index in [9.17, 15) is 14.4 Å². The third-order valence-electron chi connectivity index (χ3n) is 5.01. The number of nitrogens with zero attached hydrogens (tertiary/aromatic N) is 1. The molecule has 0 aliphatic heterocycles. The van der Waals surface area contributed by atoms with Gasteiger partial charge in [-0.3, -0.25) is 14.4 Å². The molecule has 0 aliphatic rings. The van der Waals surface area contributed by atoms with Crippen molar-refractivity contribution in [1.82, 2.24) is 10.2 Å². The summed E-state index contributed by atoms with van der Waals surface area (Å²) in [5, 5.41) is 5.22. The van der Waals surface area contributed by atoms with E-state index < -0.39 is 17.7 Å². The van der Waals surface area contributed by atoms with E-state index in [0.29, 0.717) is 28.7 Å². The minimum atomic E-state index is -0.512. The summed E-state index contributed by atoms with van der Waals surface area (Å²) < 4.78 is 21.0. The minimum absolute atomic E-state index is 0.0481. The number of rotatable bonds is 11. The Morgan fingerprint density at radius 3 is 2.23 bits per heavy atom. The molecule has 0 unspecified atom stereocenters. The number of amides is 3. The van der Waals surface area contributed by atoms with Crippen molar-refractivity contribution in [2.24, 2.45) is 0 Å². The zero-order valence-corrected chi connectivity index (χ0v) is 19.7. The van der Waals surface area contributed by atoms with Gasteiger partial charge in [0.25, 0.3) is 5.91 Å². The van der Waals surface area contributed by atoms with Gasteiger partial charge in [0, 0.05) is 11.8 Å². The molecule has 0 saturated carbocycles. The number of hydrogen-bond donors (Lipinski definition) is 2. The Labute approximate surface area is 202 Å². The Balaban J connectivity index is 1.65. The number of hydrogen-bond acceptors (Lipinski definition) is 7. The van der Waals surface area contributed by atoms with E-state index in [0.717, 1.165) is 0 Å². The highest BCUT2D eigenvalue weighted by Gasteiger charge is 2.24. The number of methoxy groups -OCH3 is 3. The third-order valence-corrected chi connectivity index (χ3v) is 5.01. The van der Waals surface area contributed by atoms with E-state index in [2.05, 4.69) is 10.6 Å². The van der Waals surface area contributed by atoms with Crippen molar-refractivity contribution in [3.05, 3.63) is 72.2 Å². The molecule has 184 valence electrons. The van der Waals surface area contributed by atoms with Crippen molar-refractivity contribution < 1.29 is 33.0 Å². The zero-order chi connectivity index (χ0) is 25.2. The third kappa shape index (κ3) is 7.00. The molecular weight excluding hydrogens is 454 g/mol. The molecule has 0 spiro atoms. The molecule has 3 amide bonds. The van der Waals surface area contributed by atoms with Gasteiger partial charge in [0.15, 0.2) is 0 Å². The average Bonchev–Trinajstić information content (AvgIpc) is 3.40. The lowest BCUT2D eigenvalue weighted by Crippen LogP contribution is -2.42. The summed E-state index contributed by atoms with van der Waals surface area (Å²) in [5.41, 5.74) is 0.816. The Morgan fingerprint density at radius 2 is 1.60 bits per heavy atom. The second-order valence-corrected chi connectivity index (χ2v) is 7.36. The summed E-state index contributed by atoms with van der Waals surface area (Å²) in [5.74, 6) is 0.613. The van der Waals surface area contributed by atoms with Crippen LogP contribution in [0.1, 0.15) is 16.1 Å². The fourth-order valence-electron chi connectivity index (χ4n) is 3.22. The molecule has 2 aromatic carbocycles. The summed E-state index contributed by atoms with van der Waals surface area (Å²) in [6.07, 6.45) is 1.48. The van der Waals surface area contributed by atoms with Crippen LogP contribution < -0.4 is 24.8 Å². The first kappa shape index (κ1) is 25.2. The van der Waals surface area contributed by atoms with Gasteiger partial charge in [-0.15, -0.1) is 0 Å². The van der Waals surface area contributed by atoms with Crippen molar-refractivity contribution in [2.45, 2.75) is 6.54 Å². The van der Waals surface area contributed by atoms with E-state index in [4.69, 9.17) is 18.6 Å². The van der Waals surface area contributed by atoms with Gasteiger partial charge in [-0.25, -0.2) is 0 Å². The van der Waals surface area contributed by atoms with Crippen LogP contribution in [0, 0.1) is 0 Å². The maximum Gasteiger partial charge on any atom is 0.258 e. The average molecular weight is 482 g/mol. The van der Waals surface area contributed by atoms with Crippen LogP contribution in [-0.2, 0) is 16.1 Å². The van der Waals surface area contributed by atoms with Crippen molar-refractivity contribution in [3.8, 4) is 17.2 Å². The summed E-state index contributed by atoms with van der Waals surface area (Å²) in [6, 6.07) is 15.0. The molecule has 1 aromatic heterocycles. The van der Waals surface area contributed by atoms with Crippen molar-refractivity contribution in [1.29, 1.82) is 0 Å². The van der Waals surface area contributed by atoms with E-state index in [-0.39, 0.29) is 25.2 Å². The lowest BCUT2D eigenvalue weighted by molar-refractivity contribution is -0.124. The molecule has 2 N–H and O–H groups in total. The molecule has 0 bridgehead atoms. The molecule has 0 fully saturated rings. The number of furan rings is 1. The van der Waals surface area contributed by atoms with Crippen molar-refractivity contribution in [3.63, 3.8) is 0 Å². The van der Waals surface area contributed by atoms with Gasteiger partial charge in [-0.1, -0.05) is 0 Å². The van der Waals surface area contributed by atoms with E-state index >= 15 is 0 Å². The summed E-state index contributed by atoms with van der Waals surface area (Å²) in [6.45, 7) is -0.517. The minimum Gasteiger partial charge on any atom is -0.497 e. The van der Waals surface area contributed by atoms with Crippen LogP contribution in [0.4, 0.5) is 5.69 Å². The molecule has 10 nitrogen and oxygen atoms in total. The van der Waals surface area contributed by atoms with E-state index in [1.165, 1.54) is 25.4 Å². The fraction of sp³-hybridized carbons (Fsp3) is 0.240. The van der Waals surface area contributed by atoms with Gasteiger partial charge < -0.3 is 34.2 Å². The Bertz CT molecular complexity index is 1140. The highest BCUT2D eigenvalue weighted by Crippen LogP contribution is 2.26. The lowest BCUT2D eigenvalue weighted by atomic mass is 10.1. The smallest absolute Gasteiger partial charge is 0.258 e. The fourth-order valence-corrected chi connectivity index (χ4v) is 3.22. The van der Waals surface area contributed by atoms with Crippen LogP contribution in [0.15, 0.2) is 65.3 Å². The van der Waals surface area contributed by atoms with Crippen LogP contribution in [0.5, 0.6) is 17.2 Å². The normalized spacial score (nSPS) is 10.3. The van der Waals surface area contributed by atoms with Gasteiger partial charge in [-0.05, 0) is 48.5 Å². The molecule has 0 atom stereocenters. The highest BCUT2D eigenvalue weighted by molar-refractivity contribution is 5.99. The van der Waals surface area contributed by atoms with Gasteiger partial charge in [0.2, 0.25) is 11.8 Å². The number of benzene rings is 2. The van der Waals surface area contributed by atoms with Crippen LogP contribution in [0.3, 0.4) is 0 Å². The number of carbonyl (C=O) groups excluding carboxylic acids is 3. The van der Waals surface area contributed by atoms with E-state index in [1.54, 1.807) is 61.7 Å². The topological polar surface area (TPSA) is 119 Å². The molecule has 0 aliphatic carbocycles. The van der Waals surface area contributed by atoms with Crippen LogP contribution in [0.2, 0.25) is 0 Å². The quantitative estimate of drug-likeness (QED) is 0.432. The number of carbonyl (C=O) groups is 3. The molecule has 10 heteroatoms. The van der Waals surface area contributed by atoms with Crippen molar-refractivity contribution in [2.75, 3.05) is 39.7 Å². The standard InChI is InChI=1S/C25H27N3O7/c1-32-18-8-6-17(7-9-18)27-23(29)14-26-24(30)16-28(15-20-5-4-12-35-20)25(31)21-11-10-19(33-2)13-22(21)34-3/h4-13H,14-16H2,1-3H3,(H,26,30)(H,27,29). The second kappa shape index (κ2) is 12.1. The maximum atomic E-state index is 13.3. The van der Waals surface area contributed by atoms with Gasteiger partial charge >= 0.3 is 0 Å². The second-order valence-electron chi connectivity index (χ2n) is 7.36. The largest absolute Gasteiger partial charge is 0.497 e. The molecular formula is C25H27N3O7. The molecule has 3 aromatic rings. The number of anilines is 1. The molecule has 35 heavy (non-hydrogen) atoms. The molecule has 0 saturated heterocycles. The summed E-state index contributed by atoms with van der Waals surface area (Å²) in [4.78, 5) is 39.5. The van der Waals surface area contributed by atoms with Crippen LogP contribution >= 0.6 is 0 Å². The lowest BCUT2D eigenvalue weighted by Gasteiger charge is -2.22. The molecule has 0 radical (unpaired) electrons. The van der Waals surface area contributed by atoms with Gasteiger partial charge in [0.1, 0.15) is 29.6 Å². The predicted molar refractivity (Wildman–Crippen MR) is 128 cm³/mol. The first-order chi connectivity index (χ1) is 16.9. The van der Waals surface area contributed by atoms with Gasteiger partial charge in [0.05, 0.1) is 46.2 Å². The van der Waals surface area contributed by atoms with Crippen molar-refractivity contribution >= 4 is 23.4 Å². The summed E-state index contributed by atoms with van der Waals surface area (Å²) >= 11 is 0. The number of nitrogens with one attached hydrogen (secondary N) is 2. The molecule has 3 rings (SSSR count). The number of ether oxygens (including phenoxy) is 3. The SMILES string of the molecule is COc1ccc(NC(=O)CNC(=O)CN(Cc2ccco2)C(=O)c2ccc(OC)cc2OC)cc1. The Kier molecular flexibility index (Phi) is 8.71. The predicted octanol–water partition coefficient (Wildman–Crippen LogP) is 2.70. The Morgan fingerprint density at radius 1 is 0.886 bits per heavy atom. The molecule has 1 heterocycles. The highest BCUT2D eigenvalue weighted by atomic mass is 16.5. The van der Waals surface area contributed by atoms with Gasteiger partial charge in [-0.2, -0.15) is 0 Å². The first-order valence-corrected chi connectivity index (χ1v) is 10.7. The zero-order valence-electron chi connectivity index (χ0n) is 19.7. The Hall–Kier alpha value is -4.47. The maximum absolute atomic E-state index is 13.3. The summed E-state index contributed by atoms with van der Waals surface area (Å²) in [7, 11) is 4.50. The monoisotopic (exact) mass is 481 g/mol. The van der Waals surface area contributed by atoms with Crippen LogP contribution in [0.25, 0.3) is 0 Å². The van der Waals surface area contributed by atoms with E-state index in [1.807, 2.05) is 0 Å². The first-order valence-electron chi connectivity index (χ1n) is 10.7. The van der Waals surface area contributed by atoms with Crippen LogP contribution in [-0.4, -0.2) is 57.0 Å².